The van der Waals surface area contributed by atoms with Gasteiger partial charge in [-0.15, -0.1) is 0 Å². The third-order valence-corrected chi connectivity index (χ3v) is 3.95. The number of likely N-dealkylation sites (tertiary alicyclic amines) is 1. The van der Waals surface area contributed by atoms with Crippen molar-refractivity contribution in [3.05, 3.63) is 35.6 Å². The third kappa shape index (κ3) is 4.04. The van der Waals surface area contributed by atoms with Crippen LogP contribution in [0.4, 0.5) is 4.39 Å². The van der Waals surface area contributed by atoms with E-state index in [9.17, 15) is 9.18 Å². The van der Waals surface area contributed by atoms with Crippen LogP contribution in [-0.4, -0.2) is 35.1 Å². The zero-order chi connectivity index (χ0) is 14.4. The Morgan fingerprint density at radius 1 is 1.30 bits per heavy atom. The number of carbonyl (C=O) groups is 1. The fraction of sp³-hybridized carbons (Fsp3) is 0.562. The second-order valence-corrected chi connectivity index (χ2v) is 5.38. The van der Waals surface area contributed by atoms with Gasteiger partial charge < -0.3 is 10.0 Å². The van der Waals surface area contributed by atoms with E-state index >= 15 is 0 Å². The maximum Gasteiger partial charge on any atom is 0.223 e. The van der Waals surface area contributed by atoms with Gasteiger partial charge in [0.15, 0.2) is 0 Å². The smallest absolute Gasteiger partial charge is 0.223 e. The van der Waals surface area contributed by atoms with Crippen molar-refractivity contribution < 1.29 is 14.3 Å². The molecular formula is C16H22FNO2. The topological polar surface area (TPSA) is 40.5 Å². The molecule has 0 radical (unpaired) electrons. The van der Waals surface area contributed by atoms with Gasteiger partial charge in [0, 0.05) is 25.6 Å². The number of rotatable bonds is 5. The fourth-order valence-electron chi connectivity index (χ4n) is 2.82. The first-order chi connectivity index (χ1) is 9.70. The minimum absolute atomic E-state index is 0.131. The molecule has 1 atom stereocenters. The molecule has 1 aromatic carbocycles. The van der Waals surface area contributed by atoms with Crippen molar-refractivity contribution in [2.75, 3.05) is 13.2 Å². The molecule has 1 aromatic rings. The molecular weight excluding hydrogens is 257 g/mol. The maximum absolute atomic E-state index is 12.8. The van der Waals surface area contributed by atoms with Crippen molar-refractivity contribution in [1.29, 1.82) is 0 Å². The number of hydrogen-bond acceptors (Lipinski definition) is 2. The van der Waals surface area contributed by atoms with Crippen LogP contribution >= 0.6 is 0 Å². The van der Waals surface area contributed by atoms with Crippen LogP contribution in [0.2, 0.25) is 0 Å². The molecule has 0 bridgehead atoms. The summed E-state index contributed by atoms with van der Waals surface area (Å²) in [6.07, 6.45) is 4.93. The lowest BCUT2D eigenvalue weighted by atomic mass is 9.98. The summed E-state index contributed by atoms with van der Waals surface area (Å²) in [6, 6.07) is 6.49. The third-order valence-electron chi connectivity index (χ3n) is 3.95. The van der Waals surface area contributed by atoms with Gasteiger partial charge in [-0.25, -0.2) is 4.39 Å². The van der Waals surface area contributed by atoms with E-state index in [4.69, 9.17) is 5.11 Å². The number of piperidine rings is 1. The molecule has 1 saturated heterocycles. The molecule has 1 aliphatic rings. The van der Waals surface area contributed by atoms with Crippen LogP contribution < -0.4 is 0 Å². The van der Waals surface area contributed by atoms with Gasteiger partial charge in [0.25, 0.3) is 0 Å². The lowest BCUT2D eigenvalue weighted by Crippen LogP contribution is -2.44. The van der Waals surface area contributed by atoms with Gasteiger partial charge in [0.05, 0.1) is 0 Å². The first-order valence-corrected chi connectivity index (χ1v) is 7.35. The first kappa shape index (κ1) is 15.0. The number of hydrogen-bond donors (Lipinski definition) is 1. The Bertz CT molecular complexity index is 431. The van der Waals surface area contributed by atoms with Crippen molar-refractivity contribution in [3.63, 3.8) is 0 Å². The molecule has 0 aromatic heterocycles. The molecule has 1 N–H and O–H groups in total. The van der Waals surface area contributed by atoms with Crippen LogP contribution in [0.1, 0.15) is 37.7 Å². The zero-order valence-corrected chi connectivity index (χ0v) is 11.7. The molecule has 1 heterocycles. The van der Waals surface area contributed by atoms with Crippen LogP contribution in [0.3, 0.4) is 0 Å². The standard InChI is InChI=1S/C16H22FNO2/c17-14-7-4-13(5-8-14)6-9-16(20)18-11-2-1-3-15(18)10-12-19/h4-5,7-8,15,19H,1-3,6,9-12H2. The fourth-order valence-corrected chi connectivity index (χ4v) is 2.82. The lowest BCUT2D eigenvalue weighted by molar-refractivity contribution is -0.135. The average molecular weight is 279 g/mol. The molecule has 1 aliphatic heterocycles. The SMILES string of the molecule is O=C(CCc1ccc(F)cc1)N1CCCCC1CCO. The second-order valence-electron chi connectivity index (χ2n) is 5.38. The van der Waals surface area contributed by atoms with Crippen LogP contribution in [0.5, 0.6) is 0 Å². The van der Waals surface area contributed by atoms with Gasteiger partial charge >= 0.3 is 0 Å². The van der Waals surface area contributed by atoms with Crippen molar-refractivity contribution >= 4 is 5.91 Å². The second kappa shape index (κ2) is 7.39. The molecule has 0 saturated carbocycles. The molecule has 0 spiro atoms. The lowest BCUT2D eigenvalue weighted by Gasteiger charge is -2.35. The van der Waals surface area contributed by atoms with Crippen LogP contribution in [0, 0.1) is 5.82 Å². The van der Waals surface area contributed by atoms with Gasteiger partial charge in [-0.3, -0.25) is 4.79 Å². The number of aliphatic hydroxyl groups excluding tert-OH is 1. The van der Waals surface area contributed by atoms with Gasteiger partial charge in [-0.2, -0.15) is 0 Å². The highest BCUT2D eigenvalue weighted by atomic mass is 19.1. The highest BCUT2D eigenvalue weighted by Gasteiger charge is 2.25. The van der Waals surface area contributed by atoms with Gasteiger partial charge in [-0.1, -0.05) is 12.1 Å². The molecule has 1 unspecified atom stereocenters. The summed E-state index contributed by atoms with van der Waals surface area (Å²) in [7, 11) is 0. The molecule has 1 fully saturated rings. The van der Waals surface area contributed by atoms with Crippen molar-refractivity contribution in [1.82, 2.24) is 4.90 Å². The molecule has 3 nitrogen and oxygen atoms in total. The highest BCUT2D eigenvalue weighted by Crippen LogP contribution is 2.20. The summed E-state index contributed by atoms with van der Waals surface area (Å²) in [5.74, 6) is -0.105. The Morgan fingerprint density at radius 2 is 2.05 bits per heavy atom. The molecule has 110 valence electrons. The average Bonchev–Trinajstić information content (AvgIpc) is 2.47. The summed E-state index contributed by atoms with van der Waals surface area (Å²) < 4.78 is 12.8. The number of nitrogens with zero attached hydrogens (tertiary/aromatic N) is 1. The van der Waals surface area contributed by atoms with Gasteiger partial charge in [-0.05, 0) is 49.8 Å². The monoisotopic (exact) mass is 279 g/mol. The zero-order valence-electron chi connectivity index (χ0n) is 11.7. The van der Waals surface area contributed by atoms with Crippen LogP contribution in [0.15, 0.2) is 24.3 Å². The Hall–Kier alpha value is -1.42. The molecule has 2 rings (SSSR count). The number of halogens is 1. The Kier molecular flexibility index (Phi) is 5.53. The molecule has 0 aliphatic carbocycles. The number of benzene rings is 1. The summed E-state index contributed by atoms with van der Waals surface area (Å²) in [6.45, 7) is 0.930. The molecule has 20 heavy (non-hydrogen) atoms. The summed E-state index contributed by atoms with van der Waals surface area (Å²) in [4.78, 5) is 14.2. The minimum Gasteiger partial charge on any atom is -0.396 e. The minimum atomic E-state index is -0.251. The highest BCUT2D eigenvalue weighted by molar-refractivity contribution is 5.76. The van der Waals surface area contributed by atoms with Crippen molar-refractivity contribution in [2.45, 2.75) is 44.6 Å². The van der Waals surface area contributed by atoms with Crippen LogP contribution in [-0.2, 0) is 11.2 Å². The number of aliphatic hydroxyl groups is 1. The quantitative estimate of drug-likeness (QED) is 0.899. The molecule has 4 heteroatoms. The van der Waals surface area contributed by atoms with Crippen LogP contribution in [0.25, 0.3) is 0 Å². The van der Waals surface area contributed by atoms with E-state index in [0.717, 1.165) is 31.4 Å². The maximum atomic E-state index is 12.8. The Labute approximate surface area is 119 Å². The summed E-state index contributed by atoms with van der Waals surface area (Å²) in [5, 5.41) is 9.08. The van der Waals surface area contributed by atoms with E-state index in [1.54, 1.807) is 12.1 Å². The normalized spacial score (nSPS) is 19.1. The Balaban J connectivity index is 1.88. The van der Waals surface area contributed by atoms with Crippen molar-refractivity contribution in [2.24, 2.45) is 0 Å². The van der Waals surface area contributed by atoms with Gasteiger partial charge in [0.1, 0.15) is 5.82 Å². The van der Waals surface area contributed by atoms with E-state index in [0.29, 0.717) is 19.3 Å². The van der Waals surface area contributed by atoms with E-state index in [2.05, 4.69) is 0 Å². The predicted molar refractivity (Wildman–Crippen MR) is 75.8 cm³/mol. The van der Waals surface area contributed by atoms with E-state index in [1.807, 2.05) is 4.90 Å². The Morgan fingerprint density at radius 3 is 2.75 bits per heavy atom. The number of amides is 1. The number of aryl methyl sites for hydroxylation is 1. The molecule has 1 amide bonds. The van der Waals surface area contributed by atoms with Crippen molar-refractivity contribution in [3.8, 4) is 0 Å². The largest absolute Gasteiger partial charge is 0.396 e. The van der Waals surface area contributed by atoms with E-state index in [1.165, 1.54) is 12.1 Å². The summed E-state index contributed by atoms with van der Waals surface area (Å²) in [5.41, 5.74) is 0.982. The van der Waals surface area contributed by atoms with E-state index < -0.39 is 0 Å². The predicted octanol–water partition coefficient (Wildman–Crippen LogP) is 2.52. The number of carbonyl (C=O) groups excluding carboxylic acids is 1. The first-order valence-electron chi connectivity index (χ1n) is 7.35. The van der Waals surface area contributed by atoms with Gasteiger partial charge in [0.2, 0.25) is 5.91 Å². The van der Waals surface area contributed by atoms with E-state index in [-0.39, 0.29) is 24.4 Å². The summed E-state index contributed by atoms with van der Waals surface area (Å²) >= 11 is 0.